The van der Waals surface area contributed by atoms with Gasteiger partial charge in [0.05, 0.1) is 7.11 Å². The van der Waals surface area contributed by atoms with Crippen LogP contribution in [0.4, 0.5) is 0 Å². The van der Waals surface area contributed by atoms with Crippen LogP contribution in [0.15, 0.2) is 18.2 Å². The quantitative estimate of drug-likeness (QED) is 0.881. The lowest BCUT2D eigenvalue weighted by atomic mass is 9.87. The van der Waals surface area contributed by atoms with Gasteiger partial charge in [-0.05, 0) is 56.6 Å². The summed E-state index contributed by atoms with van der Waals surface area (Å²) in [4.78, 5) is 0. The lowest BCUT2D eigenvalue weighted by Crippen LogP contribution is -2.37. The third-order valence-corrected chi connectivity index (χ3v) is 3.99. The number of ether oxygens (including phenoxy) is 1. The highest BCUT2D eigenvalue weighted by molar-refractivity contribution is 6.31. The Labute approximate surface area is 114 Å². The second kappa shape index (κ2) is 6.41. The van der Waals surface area contributed by atoms with E-state index in [-0.39, 0.29) is 0 Å². The van der Waals surface area contributed by atoms with Gasteiger partial charge in [0.15, 0.2) is 0 Å². The van der Waals surface area contributed by atoms with Gasteiger partial charge in [-0.1, -0.05) is 17.7 Å². The second-order valence-electron chi connectivity index (χ2n) is 4.76. The van der Waals surface area contributed by atoms with Gasteiger partial charge < -0.3 is 15.4 Å². The van der Waals surface area contributed by atoms with Crippen LogP contribution in [0.5, 0.6) is 5.75 Å². The Morgan fingerprint density at radius 2 is 2.33 bits per heavy atom. The molecule has 0 aromatic heterocycles. The number of methoxy groups -OCH3 is 1. The van der Waals surface area contributed by atoms with Crippen molar-refractivity contribution in [3.05, 3.63) is 28.8 Å². The molecule has 1 aliphatic rings. The smallest absolute Gasteiger partial charge is 0.120 e. The van der Waals surface area contributed by atoms with Gasteiger partial charge in [0, 0.05) is 11.1 Å². The van der Waals surface area contributed by atoms with E-state index in [1.165, 1.54) is 12.8 Å². The summed E-state index contributed by atoms with van der Waals surface area (Å²) < 4.78 is 5.19. The van der Waals surface area contributed by atoms with Gasteiger partial charge in [-0.3, -0.25) is 0 Å². The van der Waals surface area contributed by atoms with E-state index in [9.17, 15) is 0 Å². The molecular formula is C14H21ClN2O. The van der Waals surface area contributed by atoms with E-state index in [1.807, 2.05) is 19.2 Å². The fourth-order valence-corrected chi connectivity index (χ4v) is 2.98. The molecule has 2 unspecified atom stereocenters. The number of nitrogens with one attached hydrogen (secondary N) is 2. The molecule has 1 aromatic rings. The molecule has 0 radical (unpaired) electrons. The van der Waals surface area contributed by atoms with E-state index >= 15 is 0 Å². The van der Waals surface area contributed by atoms with Crippen LogP contribution in [-0.2, 0) is 0 Å². The molecule has 0 bridgehead atoms. The molecule has 2 atom stereocenters. The van der Waals surface area contributed by atoms with Gasteiger partial charge in [-0.15, -0.1) is 0 Å². The Balaban J connectivity index is 2.20. The molecular weight excluding hydrogens is 248 g/mol. The molecule has 1 heterocycles. The van der Waals surface area contributed by atoms with Crippen LogP contribution in [0.1, 0.15) is 24.4 Å². The van der Waals surface area contributed by atoms with Crippen molar-refractivity contribution < 1.29 is 4.74 Å². The summed E-state index contributed by atoms with van der Waals surface area (Å²) in [6.45, 7) is 2.18. The number of hydrogen-bond acceptors (Lipinski definition) is 3. The zero-order chi connectivity index (χ0) is 13.0. The summed E-state index contributed by atoms with van der Waals surface area (Å²) in [7, 11) is 3.66. The van der Waals surface area contributed by atoms with Gasteiger partial charge in [0.1, 0.15) is 5.75 Å². The predicted molar refractivity (Wildman–Crippen MR) is 75.4 cm³/mol. The first kappa shape index (κ1) is 13.7. The summed E-state index contributed by atoms with van der Waals surface area (Å²) in [5, 5.41) is 7.63. The first-order valence-corrected chi connectivity index (χ1v) is 6.85. The highest BCUT2D eigenvalue weighted by atomic mass is 35.5. The minimum Gasteiger partial charge on any atom is -0.497 e. The van der Waals surface area contributed by atoms with Crippen molar-refractivity contribution in [3.8, 4) is 5.75 Å². The molecule has 2 rings (SSSR count). The topological polar surface area (TPSA) is 33.3 Å². The Hall–Kier alpha value is -0.770. The number of rotatable bonds is 4. The molecule has 1 aromatic carbocycles. The molecule has 1 fully saturated rings. The van der Waals surface area contributed by atoms with Crippen molar-refractivity contribution >= 4 is 11.6 Å². The number of hydrogen-bond donors (Lipinski definition) is 2. The van der Waals surface area contributed by atoms with E-state index in [4.69, 9.17) is 16.3 Å². The SMILES string of the molecule is CNC(c1ccc(OC)cc1Cl)C1CCCNC1. The normalized spacial score (nSPS) is 21.6. The summed E-state index contributed by atoms with van der Waals surface area (Å²) in [6, 6.07) is 6.23. The third-order valence-electron chi connectivity index (χ3n) is 3.66. The highest BCUT2D eigenvalue weighted by Crippen LogP contribution is 2.33. The fourth-order valence-electron chi connectivity index (χ4n) is 2.70. The molecule has 2 N–H and O–H groups in total. The van der Waals surface area contributed by atoms with Gasteiger partial charge in [-0.2, -0.15) is 0 Å². The highest BCUT2D eigenvalue weighted by Gasteiger charge is 2.25. The van der Waals surface area contributed by atoms with Crippen LogP contribution in [0.25, 0.3) is 0 Å². The van der Waals surface area contributed by atoms with Crippen molar-refractivity contribution in [2.24, 2.45) is 5.92 Å². The lowest BCUT2D eigenvalue weighted by Gasteiger charge is -2.31. The minimum absolute atomic E-state index is 0.302. The summed E-state index contributed by atoms with van der Waals surface area (Å²) in [6.07, 6.45) is 2.47. The summed E-state index contributed by atoms with van der Waals surface area (Å²) in [5.41, 5.74) is 1.16. The predicted octanol–water partition coefficient (Wildman–Crippen LogP) is 2.61. The third kappa shape index (κ3) is 2.97. The molecule has 0 amide bonds. The average molecular weight is 269 g/mol. The van der Waals surface area contributed by atoms with Crippen LogP contribution in [0.3, 0.4) is 0 Å². The first-order valence-electron chi connectivity index (χ1n) is 6.47. The summed E-state index contributed by atoms with van der Waals surface area (Å²) >= 11 is 6.36. The van der Waals surface area contributed by atoms with E-state index in [0.717, 1.165) is 29.4 Å². The van der Waals surface area contributed by atoms with Crippen molar-refractivity contribution in [3.63, 3.8) is 0 Å². The molecule has 18 heavy (non-hydrogen) atoms. The van der Waals surface area contributed by atoms with E-state index in [0.29, 0.717) is 12.0 Å². The average Bonchev–Trinajstić information content (AvgIpc) is 2.42. The molecule has 0 spiro atoms. The number of piperidine rings is 1. The Morgan fingerprint density at radius 1 is 1.50 bits per heavy atom. The van der Waals surface area contributed by atoms with Crippen LogP contribution in [0.2, 0.25) is 5.02 Å². The largest absolute Gasteiger partial charge is 0.497 e. The zero-order valence-electron chi connectivity index (χ0n) is 11.0. The van der Waals surface area contributed by atoms with E-state index in [1.54, 1.807) is 7.11 Å². The molecule has 1 aliphatic heterocycles. The minimum atomic E-state index is 0.302. The zero-order valence-corrected chi connectivity index (χ0v) is 11.8. The second-order valence-corrected chi connectivity index (χ2v) is 5.17. The number of halogens is 1. The standard InChI is InChI=1S/C14H21ClN2O/c1-16-14(10-4-3-7-17-9-10)12-6-5-11(18-2)8-13(12)15/h5-6,8,10,14,16-17H,3-4,7,9H2,1-2H3. The maximum atomic E-state index is 6.36. The summed E-state index contributed by atoms with van der Waals surface area (Å²) in [5.74, 6) is 1.40. The van der Waals surface area contributed by atoms with Crippen molar-refractivity contribution in [2.45, 2.75) is 18.9 Å². The fraction of sp³-hybridized carbons (Fsp3) is 0.571. The molecule has 3 nitrogen and oxygen atoms in total. The van der Waals surface area contributed by atoms with Crippen molar-refractivity contribution in [1.82, 2.24) is 10.6 Å². The Kier molecular flexibility index (Phi) is 4.87. The maximum Gasteiger partial charge on any atom is 0.120 e. The Morgan fingerprint density at radius 3 is 2.89 bits per heavy atom. The molecule has 0 aliphatic carbocycles. The first-order chi connectivity index (χ1) is 8.76. The molecule has 1 saturated heterocycles. The van der Waals surface area contributed by atoms with E-state index < -0.39 is 0 Å². The van der Waals surface area contributed by atoms with Gasteiger partial charge in [0.25, 0.3) is 0 Å². The van der Waals surface area contributed by atoms with Gasteiger partial charge >= 0.3 is 0 Å². The van der Waals surface area contributed by atoms with Crippen LogP contribution in [0, 0.1) is 5.92 Å². The number of benzene rings is 1. The van der Waals surface area contributed by atoms with Gasteiger partial charge in [0.2, 0.25) is 0 Å². The molecule has 4 heteroatoms. The van der Waals surface area contributed by atoms with Crippen molar-refractivity contribution in [2.75, 3.05) is 27.2 Å². The van der Waals surface area contributed by atoms with Crippen molar-refractivity contribution in [1.29, 1.82) is 0 Å². The molecule has 0 saturated carbocycles. The van der Waals surface area contributed by atoms with Gasteiger partial charge in [-0.25, -0.2) is 0 Å². The monoisotopic (exact) mass is 268 g/mol. The Bertz CT molecular complexity index is 391. The maximum absolute atomic E-state index is 6.36. The van der Waals surface area contributed by atoms with E-state index in [2.05, 4.69) is 16.7 Å². The van der Waals surface area contributed by atoms with Crippen LogP contribution in [-0.4, -0.2) is 27.2 Å². The lowest BCUT2D eigenvalue weighted by molar-refractivity contribution is 0.298. The molecule has 100 valence electrons. The van der Waals surface area contributed by atoms with Crippen LogP contribution < -0.4 is 15.4 Å². The van der Waals surface area contributed by atoms with Crippen LogP contribution >= 0.6 is 11.6 Å².